The van der Waals surface area contributed by atoms with Crippen molar-refractivity contribution >= 4 is 55.1 Å². The molecule has 2 aliphatic rings. The summed E-state index contributed by atoms with van der Waals surface area (Å²) in [5.41, 5.74) is 23.4. The van der Waals surface area contributed by atoms with Gasteiger partial charge in [-0.1, -0.05) is 273 Å². The monoisotopic (exact) mass is 1020 g/mol. The highest BCUT2D eigenvalue weighted by atomic mass is 14.9. The highest BCUT2D eigenvalue weighted by molar-refractivity contribution is 6.32. The van der Waals surface area contributed by atoms with E-state index in [1.165, 1.54) is 116 Å². The van der Waals surface area contributed by atoms with E-state index in [1.807, 2.05) is 0 Å². The van der Waals surface area contributed by atoms with Crippen molar-refractivity contribution in [2.45, 2.75) is 10.8 Å². The molecule has 2 nitrogen and oxygen atoms in total. The average molecular weight is 1020 g/mol. The van der Waals surface area contributed by atoms with Crippen LogP contribution in [0.15, 0.2) is 303 Å². The van der Waals surface area contributed by atoms with E-state index in [4.69, 9.17) is 0 Å². The van der Waals surface area contributed by atoms with Gasteiger partial charge in [-0.25, -0.2) is 0 Å². The van der Waals surface area contributed by atoms with Crippen LogP contribution < -0.4 is 10.6 Å². The van der Waals surface area contributed by atoms with Crippen LogP contribution in [0.2, 0.25) is 0 Å². The van der Waals surface area contributed by atoms with E-state index < -0.39 is 10.8 Å². The molecule has 0 aliphatic heterocycles. The minimum Gasteiger partial charge on any atom is -0.355 e. The summed E-state index contributed by atoms with van der Waals surface area (Å²) in [4.78, 5) is 0. The van der Waals surface area contributed by atoms with Crippen LogP contribution in [0.4, 0.5) is 22.7 Å². The number of nitrogens with one attached hydrogen (secondary N) is 2. The molecule has 0 bridgehead atoms. The van der Waals surface area contributed by atoms with Gasteiger partial charge in [-0.05, 0) is 130 Å². The largest absolute Gasteiger partial charge is 0.355 e. The summed E-state index contributed by atoms with van der Waals surface area (Å²) in [5, 5.41) is 15.3. The van der Waals surface area contributed by atoms with Gasteiger partial charge in [0.25, 0.3) is 0 Å². The predicted molar refractivity (Wildman–Crippen MR) is 335 cm³/mol. The maximum Gasteiger partial charge on any atom is 0.0713 e. The van der Waals surface area contributed by atoms with Gasteiger partial charge in [-0.2, -0.15) is 0 Å². The summed E-state index contributed by atoms with van der Waals surface area (Å²) < 4.78 is 0. The first-order chi connectivity index (χ1) is 39.7. The lowest BCUT2D eigenvalue weighted by Gasteiger charge is -2.34. The SMILES string of the molecule is c1ccc(-c2c(Nc3ccc(C4(c5ccccc5)c5ccccc5-c5ccccc54)cc3)c3ccc4ccc(Nc5ccc(C6(c7ccccc7)c7ccccc7-c7ccccc76)cc5)c5ccc(c2-c2ccccc2)c3c45)cc1. The molecule has 0 fully saturated rings. The molecule has 2 N–H and O–H groups in total. The van der Waals surface area contributed by atoms with Gasteiger partial charge in [0.05, 0.1) is 16.5 Å². The third-order valence-electron chi connectivity index (χ3n) is 17.6. The Morgan fingerprint density at radius 3 is 1.07 bits per heavy atom. The highest BCUT2D eigenvalue weighted by Gasteiger charge is 2.47. The molecule has 2 heteroatoms. The molecule has 0 amide bonds. The molecule has 374 valence electrons. The zero-order valence-corrected chi connectivity index (χ0v) is 43.9. The van der Waals surface area contributed by atoms with Crippen LogP contribution >= 0.6 is 0 Å². The van der Waals surface area contributed by atoms with E-state index in [9.17, 15) is 0 Å². The normalized spacial score (nSPS) is 13.4. The topological polar surface area (TPSA) is 24.1 Å². The van der Waals surface area contributed by atoms with Crippen molar-refractivity contribution < 1.29 is 0 Å². The summed E-state index contributed by atoms with van der Waals surface area (Å²) in [6, 6.07) is 112. The molecule has 0 saturated heterocycles. The van der Waals surface area contributed by atoms with Crippen LogP contribution in [0.5, 0.6) is 0 Å². The number of hydrogen-bond donors (Lipinski definition) is 2. The summed E-state index contributed by atoms with van der Waals surface area (Å²) in [7, 11) is 0. The molecule has 0 unspecified atom stereocenters. The molecule has 0 saturated carbocycles. The quantitative estimate of drug-likeness (QED) is 0.133. The fourth-order valence-electron chi connectivity index (χ4n) is 14.3. The highest BCUT2D eigenvalue weighted by Crippen LogP contribution is 2.58. The molecule has 14 aromatic carbocycles. The molecule has 0 atom stereocenters. The van der Waals surface area contributed by atoms with Crippen molar-refractivity contribution in [1.29, 1.82) is 0 Å². The van der Waals surface area contributed by atoms with Gasteiger partial charge >= 0.3 is 0 Å². The van der Waals surface area contributed by atoms with Crippen LogP contribution in [0.3, 0.4) is 0 Å². The first-order valence-corrected chi connectivity index (χ1v) is 27.8. The van der Waals surface area contributed by atoms with E-state index in [0.29, 0.717) is 0 Å². The zero-order valence-electron chi connectivity index (χ0n) is 43.9. The smallest absolute Gasteiger partial charge is 0.0713 e. The van der Waals surface area contributed by atoms with Crippen LogP contribution in [0.1, 0.15) is 44.5 Å². The summed E-state index contributed by atoms with van der Waals surface area (Å²) in [5.74, 6) is 0. The van der Waals surface area contributed by atoms with Gasteiger partial charge < -0.3 is 10.6 Å². The lowest BCUT2D eigenvalue weighted by molar-refractivity contribution is 0.768. The summed E-state index contributed by atoms with van der Waals surface area (Å²) >= 11 is 0. The number of benzene rings is 14. The predicted octanol–water partition coefficient (Wildman–Crippen LogP) is 20.1. The zero-order chi connectivity index (χ0) is 52.8. The number of anilines is 4. The Hall–Kier alpha value is -10.3. The van der Waals surface area contributed by atoms with E-state index in [-0.39, 0.29) is 0 Å². The lowest BCUT2D eigenvalue weighted by atomic mass is 9.68. The van der Waals surface area contributed by atoms with Crippen LogP contribution in [0.25, 0.3) is 76.8 Å². The third-order valence-corrected chi connectivity index (χ3v) is 17.6. The Labute approximate surface area is 466 Å². The van der Waals surface area contributed by atoms with Gasteiger partial charge in [0.15, 0.2) is 0 Å². The van der Waals surface area contributed by atoms with E-state index in [1.54, 1.807) is 0 Å². The first-order valence-electron chi connectivity index (χ1n) is 27.8. The Bertz CT molecular complexity index is 4570. The van der Waals surface area contributed by atoms with Gasteiger partial charge in [-0.3, -0.25) is 0 Å². The van der Waals surface area contributed by atoms with E-state index >= 15 is 0 Å². The van der Waals surface area contributed by atoms with Crippen molar-refractivity contribution in [1.82, 2.24) is 0 Å². The molecule has 0 aromatic heterocycles. The molecule has 0 spiro atoms. The molecule has 2 aliphatic carbocycles. The lowest BCUT2D eigenvalue weighted by Crippen LogP contribution is -2.28. The fourth-order valence-corrected chi connectivity index (χ4v) is 14.3. The maximum atomic E-state index is 4.14. The van der Waals surface area contributed by atoms with E-state index in [0.717, 1.165) is 28.3 Å². The molecule has 80 heavy (non-hydrogen) atoms. The van der Waals surface area contributed by atoms with Crippen molar-refractivity contribution in [3.8, 4) is 44.5 Å². The fraction of sp³-hybridized carbons (Fsp3) is 0.0256. The maximum absolute atomic E-state index is 4.14. The molecule has 0 heterocycles. The molecule has 16 rings (SSSR count). The molecule has 0 radical (unpaired) electrons. The third kappa shape index (κ3) is 6.66. The van der Waals surface area contributed by atoms with Crippen LogP contribution in [-0.2, 0) is 10.8 Å². The van der Waals surface area contributed by atoms with Gasteiger partial charge in [0, 0.05) is 38.8 Å². The van der Waals surface area contributed by atoms with Crippen LogP contribution in [0, 0.1) is 0 Å². The number of rotatable bonds is 10. The van der Waals surface area contributed by atoms with Crippen molar-refractivity contribution in [2.75, 3.05) is 10.6 Å². The molecular weight excluding hydrogens is 965 g/mol. The second-order valence-electron chi connectivity index (χ2n) is 21.5. The van der Waals surface area contributed by atoms with Crippen molar-refractivity contribution in [3.63, 3.8) is 0 Å². The van der Waals surface area contributed by atoms with Gasteiger partial charge in [-0.15, -0.1) is 0 Å². The molecule has 14 aromatic rings. The summed E-state index contributed by atoms with van der Waals surface area (Å²) in [6.07, 6.45) is 0. The minimum atomic E-state index is -0.484. The Morgan fingerprint density at radius 1 is 0.237 bits per heavy atom. The average Bonchev–Trinajstić information content (AvgIpc) is 4.09. The number of hydrogen-bond acceptors (Lipinski definition) is 2. The van der Waals surface area contributed by atoms with Gasteiger partial charge in [0.1, 0.15) is 0 Å². The molecular formula is C78H52N2. The minimum absolute atomic E-state index is 0.457. The van der Waals surface area contributed by atoms with Crippen molar-refractivity contribution in [3.05, 3.63) is 348 Å². The second-order valence-corrected chi connectivity index (χ2v) is 21.5. The first kappa shape index (κ1) is 45.9. The second kappa shape index (κ2) is 18.2. The Morgan fingerprint density at radius 2 is 0.600 bits per heavy atom. The van der Waals surface area contributed by atoms with Crippen molar-refractivity contribution in [2.24, 2.45) is 0 Å². The Kier molecular flexibility index (Phi) is 10.4. The summed E-state index contributed by atoms with van der Waals surface area (Å²) in [6.45, 7) is 0. The Balaban J connectivity index is 0.852. The number of fused-ring (bicyclic) bond motifs is 6. The van der Waals surface area contributed by atoms with Gasteiger partial charge in [0.2, 0.25) is 0 Å². The standard InChI is InChI=1S/C78H52N2/c1-5-21-51(22-6-1)73-65-49-48-64-71(79-58-43-39-56(40-44-58)77(54-25-9-3-10-26-54)67-33-17-13-29-60(67)61-30-14-18-34-68(61)77)50-38-53-37-47-66(75(65)72(53)64)76(74(73)52-23-7-2-8-24-52)80-59-45-41-57(42-46-59)78(55-27-11-4-12-28-55)69-35-19-15-31-62(69)63-32-16-20-36-70(63)78/h1-50,79-80H. The van der Waals surface area contributed by atoms with E-state index in [2.05, 4.69) is 314 Å². The van der Waals surface area contributed by atoms with Crippen LogP contribution in [-0.4, -0.2) is 0 Å².